The number of aliphatic hydroxyl groups is 1. The predicted molar refractivity (Wildman–Crippen MR) is 137 cm³/mol. The van der Waals surface area contributed by atoms with Gasteiger partial charge < -0.3 is 9.67 Å². The molecule has 0 aliphatic rings. The van der Waals surface area contributed by atoms with Crippen LogP contribution in [0.5, 0.6) is 0 Å². The molecule has 0 atom stereocenters. The molecule has 6 rings (SSSR count). The number of fused-ring (bicyclic) bond motifs is 3. The number of aryl methyl sites for hydroxylation is 1. The second-order valence-electron chi connectivity index (χ2n) is 8.29. The molecule has 3 heterocycles. The van der Waals surface area contributed by atoms with Crippen molar-refractivity contribution in [2.24, 2.45) is 7.05 Å². The van der Waals surface area contributed by atoms with Crippen LogP contribution in [0.2, 0.25) is 5.02 Å². The summed E-state index contributed by atoms with van der Waals surface area (Å²) >= 11 is 6.22. The number of hydrogen-bond donors (Lipinski definition) is 1. The Kier molecular flexibility index (Phi) is 4.94. The maximum absolute atomic E-state index is 10.4. The summed E-state index contributed by atoms with van der Waals surface area (Å²) in [5, 5.41) is 12.1. The van der Waals surface area contributed by atoms with Gasteiger partial charge in [0.25, 0.3) is 0 Å². The Bertz CT molecular complexity index is 1650. The van der Waals surface area contributed by atoms with Gasteiger partial charge in [-0.05, 0) is 40.5 Å². The standard InChI is InChI=1S/C28H21ClN4O/c1-32-17-30-15-23(32)27-25(18-5-3-2-4-6-18)26-22(33-14-13-31-28(27)33)12-9-20(16-34)24(26)19-7-10-21(29)11-8-19/h2-15,17,34H,16H2,1H3. The normalized spacial score (nSPS) is 11.5. The quantitative estimate of drug-likeness (QED) is 0.330. The maximum Gasteiger partial charge on any atom is 0.147 e. The van der Waals surface area contributed by atoms with Crippen LogP contribution in [0.3, 0.4) is 0 Å². The lowest BCUT2D eigenvalue weighted by Crippen LogP contribution is -2.02. The summed E-state index contributed by atoms with van der Waals surface area (Å²) in [6.45, 7) is -0.0782. The van der Waals surface area contributed by atoms with E-state index in [9.17, 15) is 5.11 Å². The Labute approximate surface area is 201 Å². The lowest BCUT2D eigenvalue weighted by atomic mass is 9.87. The molecule has 3 aromatic heterocycles. The minimum Gasteiger partial charge on any atom is -0.392 e. The maximum atomic E-state index is 10.4. The Morgan fingerprint density at radius 2 is 1.65 bits per heavy atom. The van der Waals surface area contributed by atoms with Gasteiger partial charge in [-0.2, -0.15) is 0 Å². The molecule has 0 radical (unpaired) electrons. The topological polar surface area (TPSA) is 55.3 Å². The molecule has 0 amide bonds. The number of aliphatic hydroxyl groups excluding tert-OH is 1. The molecule has 0 spiro atoms. The van der Waals surface area contributed by atoms with Crippen LogP contribution in [0.4, 0.5) is 0 Å². The summed E-state index contributed by atoms with van der Waals surface area (Å²) < 4.78 is 4.13. The number of benzene rings is 3. The third-order valence-electron chi connectivity index (χ3n) is 6.33. The lowest BCUT2D eigenvalue weighted by molar-refractivity contribution is 0.282. The lowest BCUT2D eigenvalue weighted by Gasteiger charge is -2.21. The van der Waals surface area contributed by atoms with Crippen LogP contribution < -0.4 is 0 Å². The molecule has 0 aliphatic carbocycles. The number of rotatable bonds is 4. The molecular weight excluding hydrogens is 444 g/mol. The molecule has 6 heteroatoms. The van der Waals surface area contributed by atoms with Gasteiger partial charge in [-0.15, -0.1) is 0 Å². The van der Waals surface area contributed by atoms with Gasteiger partial charge in [0, 0.05) is 35.4 Å². The Morgan fingerprint density at radius 3 is 2.35 bits per heavy atom. The van der Waals surface area contributed by atoms with Gasteiger partial charge in [0.05, 0.1) is 35.9 Å². The summed E-state index contributed by atoms with van der Waals surface area (Å²) in [6.07, 6.45) is 7.49. The molecule has 5 nitrogen and oxygen atoms in total. The third-order valence-corrected chi connectivity index (χ3v) is 6.58. The Balaban J connectivity index is 1.90. The van der Waals surface area contributed by atoms with Crippen molar-refractivity contribution >= 4 is 28.2 Å². The van der Waals surface area contributed by atoms with E-state index in [1.165, 1.54) is 0 Å². The van der Waals surface area contributed by atoms with E-state index in [0.29, 0.717) is 5.02 Å². The molecule has 166 valence electrons. The average molecular weight is 465 g/mol. The molecule has 0 aliphatic heterocycles. The minimum absolute atomic E-state index is 0.0782. The smallest absolute Gasteiger partial charge is 0.147 e. The van der Waals surface area contributed by atoms with Crippen LogP contribution >= 0.6 is 11.6 Å². The van der Waals surface area contributed by atoms with Crippen LogP contribution in [-0.4, -0.2) is 24.0 Å². The van der Waals surface area contributed by atoms with Crippen LogP contribution in [0, 0.1) is 0 Å². The second kappa shape index (κ2) is 8.13. The largest absolute Gasteiger partial charge is 0.392 e. The van der Waals surface area contributed by atoms with Crippen molar-refractivity contribution in [1.29, 1.82) is 0 Å². The van der Waals surface area contributed by atoms with Crippen molar-refractivity contribution in [3.05, 3.63) is 102 Å². The molecule has 0 bridgehead atoms. The van der Waals surface area contributed by atoms with Crippen LogP contribution in [0.15, 0.2) is 91.6 Å². The van der Waals surface area contributed by atoms with E-state index >= 15 is 0 Å². The molecule has 1 N–H and O–H groups in total. The highest BCUT2D eigenvalue weighted by atomic mass is 35.5. The monoisotopic (exact) mass is 464 g/mol. The zero-order valence-electron chi connectivity index (χ0n) is 18.5. The van der Waals surface area contributed by atoms with E-state index in [1.807, 2.05) is 78.7 Å². The number of halogens is 1. The van der Waals surface area contributed by atoms with Crippen molar-refractivity contribution < 1.29 is 5.11 Å². The van der Waals surface area contributed by atoms with Crippen molar-refractivity contribution in [2.75, 3.05) is 0 Å². The molecular formula is C28H21ClN4O. The third kappa shape index (κ3) is 3.13. The molecule has 34 heavy (non-hydrogen) atoms. The van der Waals surface area contributed by atoms with Crippen LogP contribution in [0.1, 0.15) is 5.56 Å². The fourth-order valence-electron chi connectivity index (χ4n) is 4.82. The highest BCUT2D eigenvalue weighted by Gasteiger charge is 2.24. The summed E-state index contributed by atoms with van der Waals surface area (Å²) in [4.78, 5) is 9.16. The van der Waals surface area contributed by atoms with E-state index < -0.39 is 0 Å². The predicted octanol–water partition coefficient (Wildman–Crippen LogP) is 6.37. The van der Waals surface area contributed by atoms with Gasteiger partial charge in [-0.25, -0.2) is 9.97 Å². The average Bonchev–Trinajstić information content (AvgIpc) is 3.53. The first kappa shape index (κ1) is 20.7. The van der Waals surface area contributed by atoms with Crippen LogP contribution in [-0.2, 0) is 13.7 Å². The molecule has 0 unspecified atom stereocenters. The highest BCUT2D eigenvalue weighted by molar-refractivity contribution is 6.30. The summed E-state index contributed by atoms with van der Waals surface area (Å²) in [5.74, 6) is 0. The van der Waals surface area contributed by atoms with Gasteiger partial charge in [0.2, 0.25) is 0 Å². The van der Waals surface area contributed by atoms with Gasteiger partial charge in [-0.3, -0.25) is 4.40 Å². The second-order valence-corrected chi connectivity index (χ2v) is 8.72. The minimum atomic E-state index is -0.0782. The summed E-state index contributed by atoms with van der Waals surface area (Å²) in [5.41, 5.74) is 8.77. The van der Waals surface area contributed by atoms with Crippen molar-refractivity contribution in [1.82, 2.24) is 18.9 Å². The van der Waals surface area contributed by atoms with E-state index in [4.69, 9.17) is 16.6 Å². The number of imidazole rings is 2. The van der Waals surface area contributed by atoms with E-state index in [-0.39, 0.29) is 6.61 Å². The number of pyridine rings is 1. The number of aromatic nitrogens is 4. The van der Waals surface area contributed by atoms with Crippen molar-refractivity contribution in [2.45, 2.75) is 6.61 Å². The zero-order chi connectivity index (χ0) is 23.2. The number of nitrogens with zero attached hydrogens (tertiary/aromatic N) is 4. The molecule has 0 fully saturated rings. The van der Waals surface area contributed by atoms with E-state index in [1.54, 1.807) is 6.33 Å². The van der Waals surface area contributed by atoms with Gasteiger partial charge in [0.1, 0.15) is 5.65 Å². The van der Waals surface area contributed by atoms with Gasteiger partial charge in [-0.1, -0.05) is 60.1 Å². The first-order valence-corrected chi connectivity index (χ1v) is 11.4. The van der Waals surface area contributed by atoms with E-state index in [0.717, 1.165) is 55.6 Å². The fraction of sp³-hybridized carbons (Fsp3) is 0.0714. The van der Waals surface area contributed by atoms with Crippen molar-refractivity contribution in [3.63, 3.8) is 0 Å². The highest BCUT2D eigenvalue weighted by Crippen LogP contribution is 2.45. The SMILES string of the molecule is Cn1cncc1-c1c(-c2ccccc2)c2c(-c3ccc(Cl)cc3)c(CO)ccc2n2ccnc12. The van der Waals surface area contributed by atoms with Gasteiger partial charge >= 0.3 is 0 Å². The molecule has 6 aromatic rings. The van der Waals surface area contributed by atoms with Crippen molar-refractivity contribution in [3.8, 4) is 33.5 Å². The molecule has 3 aromatic carbocycles. The van der Waals surface area contributed by atoms with Crippen LogP contribution in [0.25, 0.3) is 50.1 Å². The zero-order valence-corrected chi connectivity index (χ0v) is 19.2. The fourth-order valence-corrected chi connectivity index (χ4v) is 4.95. The number of hydrogen-bond acceptors (Lipinski definition) is 3. The summed E-state index contributed by atoms with van der Waals surface area (Å²) in [7, 11) is 1.99. The van der Waals surface area contributed by atoms with E-state index in [2.05, 4.69) is 27.6 Å². The molecule has 0 saturated carbocycles. The van der Waals surface area contributed by atoms with Gasteiger partial charge in [0.15, 0.2) is 0 Å². The summed E-state index contributed by atoms with van der Waals surface area (Å²) in [6, 6.07) is 22.2. The first-order valence-electron chi connectivity index (χ1n) is 11.0. The Morgan fingerprint density at radius 1 is 0.882 bits per heavy atom. The Hall–Kier alpha value is -3.93. The molecule has 0 saturated heterocycles. The first-order chi connectivity index (χ1) is 16.7.